The molecule has 1 aromatic carbocycles. The van der Waals surface area contributed by atoms with Crippen LogP contribution in [0.5, 0.6) is 11.5 Å². The molecule has 0 amide bonds. The van der Waals surface area contributed by atoms with E-state index in [4.69, 9.17) is 9.47 Å². The van der Waals surface area contributed by atoms with Gasteiger partial charge in [0.05, 0.1) is 25.5 Å². The predicted octanol–water partition coefficient (Wildman–Crippen LogP) is 2.55. The summed E-state index contributed by atoms with van der Waals surface area (Å²) in [4.78, 5) is 4.57. The van der Waals surface area contributed by atoms with Gasteiger partial charge in [0, 0.05) is 11.9 Å². The number of thiazole rings is 1. The average Bonchev–Trinajstić information content (AvgIpc) is 2.87. The van der Waals surface area contributed by atoms with E-state index in [0.717, 1.165) is 34.3 Å². The first-order valence-electron chi connectivity index (χ1n) is 5.60. The van der Waals surface area contributed by atoms with E-state index in [1.165, 1.54) is 0 Å². The molecule has 1 aromatic heterocycles. The van der Waals surface area contributed by atoms with Crippen LogP contribution in [0.1, 0.15) is 5.69 Å². The van der Waals surface area contributed by atoms with Gasteiger partial charge >= 0.3 is 0 Å². The normalized spacial score (nSPS) is 10.4. The molecule has 18 heavy (non-hydrogen) atoms. The summed E-state index contributed by atoms with van der Waals surface area (Å²) in [7, 11) is 5.22. The molecule has 2 aromatic rings. The van der Waals surface area contributed by atoms with Crippen LogP contribution in [-0.4, -0.2) is 26.3 Å². The molecular weight excluding hydrogens is 248 g/mol. The number of nitrogens with zero attached hydrogens (tertiary/aromatic N) is 1. The second-order valence-corrected chi connectivity index (χ2v) is 4.60. The Bertz CT molecular complexity index is 525. The lowest BCUT2D eigenvalue weighted by Crippen LogP contribution is -2.04. The van der Waals surface area contributed by atoms with Crippen molar-refractivity contribution in [1.82, 2.24) is 10.3 Å². The Balaban J connectivity index is 2.40. The van der Waals surface area contributed by atoms with Gasteiger partial charge in [0.1, 0.15) is 16.5 Å². The highest BCUT2D eigenvalue weighted by Gasteiger charge is 2.11. The minimum Gasteiger partial charge on any atom is -0.497 e. The molecule has 0 saturated carbocycles. The van der Waals surface area contributed by atoms with Crippen molar-refractivity contribution in [3.63, 3.8) is 0 Å². The van der Waals surface area contributed by atoms with E-state index in [9.17, 15) is 0 Å². The molecule has 0 unspecified atom stereocenters. The van der Waals surface area contributed by atoms with E-state index < -0.39 is 0 Å². The van der Waals surface area contributed by atoms with Crippen molar-refractivity contribution in [2.75, 3.05) is 21.3 Å². The Kier molecular flexibility index (Phi) is 4.17. The van der Waals surface area contributed by atoms with Crippen molar-refractivity contribution in [3.05, 3.63) is 29.3 Å². The predicted molar refractivity (Wildman–Crippen MR) is 73.4 cm³/mol. The van der Waals surface area contributed by atoms with Crippen molar-refractivity contribution in [2.45, 2.75) is 6.54 Å². The molecule has 0 atom stereocenters. The van der Waals surface area contributed by atoms with Crippen molar-refractivity contribution in [2.24, 2.45) is 0 Å². The van der Waals surface area contributed by atoms with Crippen LogP contribution in [0.2, 0.25) is 0 Å². The van der Waals surface area contributed by atoms with Crippen LogP contribution in [0.25, 0.3) is 10.6 Å². The number of aromatic nitrogens is 1. The first-order valence-corrected chi connectivity index (χ1v) is 6.48. The monoisotopic (exact) mass is 264 g/mol. The molecule has 0 aliphatic heterocycles. The summed E-state index contributed by atoms with van der Waals surface area (Å²) in [5.41, 5.74) is 1.99. The first kappa shape index (κ1) is 12.9. The van der Waals surface area contributed by atoms with E-state index >= 15 is 0 Å². The zero-order chi connectivity index (χ0) is 13.0. The standard InChI is InChI=1S/C13H16N2O2S/c1-14-7-9-8-18-13(15-9)11-6-10(16-2)4-5-12(11)17-3/h4-6,8,14H,7H2,1-3H3. The lowest BCUT2D eigenvalue weighted by atomic mass is 10.2. The topological polar surface area (TPSA) is 43.4 Å². The minimum absolute atomic E-state index is 0.767. The van der Waals surface area contributed by atoms with Gasteiger partial charge in [-0.05, 0) is 25.2 Å². The molecule has 2 rings (SSSR count). The maximum atomic E-state index is 5.36. The summed E-state index contributed by atoms with van der Waals surface area (Å²) in [5.74, 6) is 1.61. The Labute approximate surface area is 111 Å². The molecule has 4 nitrogen and oxygen atoms in total. The highest BCUT2D eigenvalue weighted by Crippen LogP contribution is 2.35. The Morgan fingerprint density at radius 1 is 1.28 bits per heavy atom. The van der Waals surface area contributed by atoms with Crippen LogP contribution in [0.15, 0.2) is 23.6 Å². The van der Waals surface area contributed by atoms with E-state index in [0.29, 0.717) is 0 Å². The number of ether oxygens (including phenoxy) is 2. The van der Waals surface area contributed by atoms with Gasteiger partial charge in [-0.25, -0.2) is 4.98 Å². The molecule has 0 spiro atoms. The van der Waals surface area contributed by atoms with Crippen LogP contribution < -0.4 is 14.8 Å². The smallest absolute Gasteiger partial charge is 0.129 e. The first-order chi connectivity index (χ1) is 8.78. The van der Waals surface area contributed by atoms with Gasteiger partial charge in [-0.3, -0.25) is 0 Å². The number of hydrogen-bond donors (Lipinski definition) is 1. The van der Waals surface area contributed by atoms with Gasteiger partial charge in [-0.1, -0.05) is 0 Å². The number of hydrogen-bond acceptors (Lipinski definition) is 5. The van der Waals surface area contributed by atoms with E-state index in [-0.39, 0.29) is 0 Å². The quantitative estimate of drug-likeness (QED) is 0.901. The van der Waals surface area contributed by atoms with E-state index in [1.807, 2.05) is 30.6 Å². The Morgan fingerprint density at radius 2 is 2.11 bits per heavy atom. The SMILES string of the molecule is CNCc1csc(-c2cc(OC)ccc2OC)n1. The molecular formula is C13H16N2O2S. The fourth-order valence-electron chi connectivity index (χ4n) is 1.67. The van der Waals surface area contributed by atoms with Crippen molar-refractivity contribution in [3.8, 4) is 22.1 Å². The average molecular weight is 264 g/mol. The maximum absolute atomic E-state index is 5.36. The van der Waals surface area contributed by atoms with Crippen molar-refractivity contribution >= 4 is 11.3 Å². The van der Waals surface area contributed by atoms with E-state index in [2.05, 4.69) is 10.3 Å². The fraction of sp³-hybridized carbons (Fsp3) is 0.308. The number of benzene rings is 1. The minimum atomic E-state index is 0.767. The molecule has 0 aliphatic rings. The summed E-state index contributed by atoms with van der Waals surface area (Å²) >= 11 is 1.60. The molecule has 0 bridgehead atoms. The lowest BCUT2D eigenvalue weighted by Gasteiger charge is -2.08. The Hall–Kier alpha value is -1.59. The van der Waals surface area contributed by atoms with Crippen LogP contribution in [0.4, 0.5) is 0 Å². The van der Waals surface area contributed by atoms with Gasteiger partial charge < -0.3 is 14.8 Å². The maximum Gasteiger partial charge on any atom is 0.129 e. The molecule has 0 aliphatic carbocycles. The third kappa shape index (κ3) is 2.63. The number of nitrogens with one attached hydrogen (secondary N) is 1. The molecule has 1 N–H and O–H groups in total. The number of methoxy groups -OCH3 is 2. The van der Waals surface area contributed by atoms with Crippen LogP contribution in [-0.2, 0) is 6.54 Å². The van der Waals surface area contributed by atoms with Crippen LogP contribution in [0.3, 0.4) is 0 Å². The van der Waals surface area contributed by atoms with Gasteiger partial charge in [-0.15, -0.1) is 11.3 Å². The Morgan fingerprint density at radius 3 is 2.78 bits per heavy atom. The third-order valence-electron chi connectivity index (χ3n) is 2.55. The summed E-state index contributed by atoms with van der Waals surface area (Å²) in [6, 6.07) is 5.72. The molecule has 1 heterocycles. The highest BCUT2D eigenvalue weighted by atomic mass is 32.1. The second-order valence-electron chi connectivity index (χ2n) is 3.74. The molecule has 0 radical (unpaired) electrons. The largest absolute Gasteiger partial charge is 0.497 e. The molecule has 0 fully saturated rings. The fourth-order valence-corrected chi connectivity index (χ4v) is 2.51. The second kappa shape index (κ2) is 5.84. The van der Waals surface area contributed by atoms with Gasteiger partial charge in [-0.2, -0.15) is 0 Å². The van der Waals surface area contributed by atoms with Gasteiger partial charge in [0.15, 0.2) is 0 Å². The number of rotatable bonds is 5. The molecule has 5 heteroatoms. The van der Waals surface area contributed by atoms with E-state index in [1.54, 1.807) is 25.6 Å². The summed E-state index contributed by atoms with van der Waals surface area (Å²) in [5, 5.41) is 6.08. The summed E-state index contributed by atoms with van der Waals surface area (Å²) in [6.07, 6.45) is 0. The zero-order valence-electron chi connectivity index (χ0n) is 10.7. The summed E-state index contributed by atoms with van der Waals surface area (Å²) in [6.45, 7) is 0.767. The van der Waals surface area contributed by atoms with Crippen LogP contribution in [0, 0.1) is 0 Å². The molecule has 96 valence electrons. The van der Waals surface area contributed by atoms with Gasteiger partial charge in [0.2, 0.25) is 0 Å². The zero-order valence-corrected chi connectivity index (χ0v) is 11.5. The van der Waals surface area contributed by atoms with Crippen molar-refractivity contribution < 1.29 is 9.47 Å². The van der Waals surface area contributed by atoms with Crippen molar-refractivity contribution in [1.29, 1.82) is 0 Å². The van der Waals surface area contributed by atoms with Crippen LogP contribution >= 0.6 is 11.3 Å². The summed E-state index contributed by atoms with van der Waals surface area (Å²) < 4.78 is 10.6. The highest BCUT2D eigenvalue weighted by molar-refractivity contribution is 7.13. The third-order valence-corrected chi connectivity index (χ3v) is 3.47. The lowest BCUT2D eigenvalue weighted by molar-refractivity contribution is 0.404. The van der Waals surface area contributed by atoms with Gasteiger partial charge in [0.25, 0.3) is 0 Å². The molecule has 0 saturated heterocycles.